The summed E-state index contributed by atoms with van der Waals surface area (Å²) in [5.41, 5.74) is 1.11. The molecule has 8 heteroatoms. The molecule has 0 amide bonds. The van der Waals surface area contributed by atoms with Gasteiger partial charge in [0.15, 0.2) is 11.0 Å². The minimum absolute atomic E-state index is 0.453. The molecule has 3 heterocycles. The lowest BCUT2D eigenvalue weighted by Crippen LogP contribution is -2.51. The molecule has 0 radical (unpaired) electrons. The predicted molar refractivity (Wildman–Crippen MR) is 91.7 cm³/mol. The standard InChI is InChI=1S/C15H25N7S/c1-4-5-6-22-14(17-18-19-22)10-20-7-8-21(13(3)9-20)15-16-12(2)11-23-15/h11,13H,4-10H2,1-3H3/t13-/m0/s1. The maximum atomic E-state index is 4.62. The molecule has 23 heavy (non-hydrogen) atoms. The Morgan fingerprint density at radius 1 is 1.35 bits per heavy atom. The van der Waals surface area contributed by atoms with E-state index in [9.17, 15) is 0 Å². The number of unbranched alkanes of at least 4 members (excludes halogenated alkanes) is 1. The number of aromatic nitrogens is 5. The van der Waals surface area contributed by atoms with Gasteiger partial charge in [-0.15, -0.1) is 16.4 Å². The Hall–Kier alpha value is -1.54. The quantitative estimate of drug-likeness (QED) is 0.804. The number of rotatable bonds is 6. The number of thiazole rings is 1. The van der Waals surface area contributed by atoms with Crippen LogP contribution < -0.4 is 4.90 Å². The van der Waals surface area contributed by atoms with Crippen LogP contribution in [-0.4, -0.2) is 55.8 Å². The first-order valence-electron chi connectivity index (χ1n) is 8.33. The van der Waals surface area contributed by atoms with Crippen molar-refractivity contribution >= 4 is 16.5 Å². The number of hydrogen-bond acceptors (Lipinski definition) is 7. The Kier molecular flexibility index (Phi) is 5.22. The van der Waals surface area contributed by atoms with Gasteiger partial charge in [0, 0.05) is 37.6 Å². The van der Waals surface area contributed by atoms with Gasteiger partial charge in [-0.25, -0.2) is 9.67 Å². The first kappa shape index (κ1) is 16.3. The maximum absolute atomic E-state index is 4.62. The van der Waals surface area contributed by atoms with Gasteiger partial charge in [-0.05, 0) is 30.7 Å². The van der Waals surface area contributed by atoms with Gasteiger partial charge in [0.25, 0.3) is 0 Å². The summed E-state index contributed by atoms with van der Waals surface area (Å²) in [5, 5.41) is 15.4. The molecule has 3 rings (SSSR count). The SMILES string of the molecule is CCCCn1nnnc1CN1CCN(c2nc(C)cs2)[C@@H](C)C1. The van der Waals surface area contributed by atoms with E-state index < -0.39 is 0 Å². The molecule has 1 saturated heterocycles. The lowest BCUT2D eigenvalue weighted by Gasteiger charge is -2.39. The summed E-state index contributed by atoms with van der Waals surface area (Å²) < 4.78 is 1.95. The van der Waals surface area contributed by atoms with Crippen molar-refractivity contribution in [3.05, 3.63) is 16.9 Å². The summed E-state index contributed by atoms with van der Waals surface area (Å²) >= 11 is 1.74. The van der Waals surface area contributed by atoms with Gasteiger partial charge in [0.05, 0.1) is 12.2 Å². The zero-order chi connectivity index (χ0) is 16.2. The van der Waals surface area contributed by atoms with Crippen LogP contribution in [-0.2, 0) is 13.1 Å². The largest absolute Gasteiger partial charge is 0.343 e. The number of aryl methyl sites for hydroxylation is 2. The zero-order valence-corrected chi connectivity index (χ0v) is 15.0. The monoisotopic (exact) mass is 335 g/mol. The lowest BCUT2D eigenvalue weighted by atomic mass is 10.2. The second kappa shape index (κ2) is 7.35. The van der Waals surface area contributed by atoms with Gasteiger partial charge in [-0.3, -0.25) is 4.90 Å². The molecule has 0 spiro atoms. The molecule has 1 atom stereocenters. The van der Waals surface area contributed by atoms with E-state index in [4.69, 9.17) is 0 Å². The third-order valence-corrected chi connectivity index (χ3v) is 5.25. The van der Waals surface area contributed by atoms with E-state index in [1.54, 1.807) is 11.3 Å². The van der Waals surface area contributed by atoms with E-state index in [0.717, 1.165) is 62.2 Å². The number of tetrazole rings is 1. The van der Waals surface area contributed by atoms with Crippen LogP contribution in [0.15, 0.2) is 5.38 Å². The van der Waals surface area contributed by atoms with Crippen LogP contribution in [0.2, 0.25) is 0 Å². The Morgan fingerprint density at radius 3 is 2.91 bits per heavy atom. The van der Waals surface area contributed by atoms with Crippen LogP contribution in [0.5, 0.6) is 0 Å². The van der Waals surface area contributed by atoms with Gasteiger partial charge >= 0.3 is 0 Å². The molecular weight excluding hydrogens is 310 g/mol. The summed E-state index contributed by atoms with van der Waals surface area (Å²) in [7, 11) is 0. The Morgan fingerprint density at radius 2 is 2.22 bits per heavy atom. The number of hydrogen-bond donors (Lipinski definition) is 0. The van der Waals surface area contributed by atoms with Crippen LogP contribution in [0, 0.1) is 6.92 Å². The van der Waals surface area contributed by atoms with Crippen molar-refractivity contribution in [3.8, 4) is 0 Å². The highest BCUT2D eigenvalue weighted by Crippen LogP contribution is 2.24. The molecule has 1 fully saturated rings. The number of anilines is 1. The Bertz CT molecular complexity index is 623. The molecule has 126 valence electrons. The lowest BCUT2D eigenvalue weighted by molar-refractivity contribution is 0.212. The molecule has 7 nitrogen and oxygen atoms in total. The van der Waals surface area contributed by atoms with E-state index in [2.05, 4.69) is 56.5 Å². The molecule has 1 aliphatic rings. The van der Waals surface area contributed by atoms with Crippen molar-refractivity contribution in [1.82, 2.24) is 30.1 Å². The summed E-state index contributed by atoms with van der Waals surface area (Å²) in [4.78, 5) is 9.47. The minimum atomic E-state index is 0.453. The molecule has 0 N–H and O–H groups in total. The summed E-state index contributed by atoms with van der Waals surface area (Å²) in [5.74, 6) is 0.976. The molecule has 0 aliphatic carbocycles. The molecule has 2 aromatic heterocycles. The molecule has 0 bridgehead atoms. The average molecular weight is 335 g/mol. The van der Waals surface area contributed by atoms with Gasteiger partial charge in [-0.2, -0.15) is 0 Å². The van der Waals surface area contributed by atoms with Crippen LogP contribution in [0.4, 0.5) is 5.13 Å². The average Bonchev–Trinajstić information content (AvgIpc) is 3.14. The summed E-state index contributed by atoms with van der Waals surface area (Å²) in [6.45, 7) is 11.3. The Balaban J connectivity index is 1.59. The van der Waals surface area contributed by atoms with E-state index in [1.807, 2.05) is 4.68 Å². The molecular formula is C15H25N7S. The maximum Gasteiger partial charge on any atom is 0.185 e. The van der Waals surface area contributed by atoms with Gasteiger partial charge in [0.2, 0.25) is 0 Å². The molecule has 2 aromatic rings. The second-order valence-electron chi connectivity index (χ2n) is 6.22. The zero-order valence-electron chi connectivity index (χ0n) is 14.1. The Labute approximate surface area is 141 Å². The first-order valence-corrected chi connectivity index (χ1v) is 9.21. The number of piperazine rings is 1. The highest BCUT2D eigenvalue weighted by Gasteiger charge is 2.26. The molecule has 0 saturated carbocycles. The highest BCUT2D eigenvalue weighted by molar-refractivity contribution is 7.13. The smallest absolute Gasteiger partial charge is 0.185 e. The van der Waals surface area contributed by atoms with Crippen LogP contribution >= 0.6 is 11.3 Å². The highest BCUT2D eigenvalue weighted by atomic mass is 32.1. The number of nitrogens with zero attached hydrogens (tertiary/aromatic N) is 7. The van der Waals surface area contributed by atoms with Crippen LogP contribution in [0.1, 0.15) is 38.2 Å². The van der Waals surface area contributed by atoms with Crippen LogP contribution in [0.25, 0.3) is 0 Å². The van der Waals surface area contributed by atoms with Gasteiger partial charge in [0.1, 0.15) is 0 Å². The fraction of sp³-hybridized carbons (Fsp3) is 0.733. The summed E-state index contributed by atoms with van der Waals surface area (Å²) in [6, 6.07) is 0.453. The molecule has 0 unspecified atom stereocenters. The van der Waals surface area contributed by atoms with Crippen molar-refractivity contribution < 1.29 is 0 Å². The normalized spacial score (nSPS) is 19.4. The summed E-state index contributed by atoms with van der Waals surface area (Å²) in [6.07, 6.45) is 2.27. The second-order valence-corrected chi connectivity index (χ2v) is 7.06. The van der Waals surface area contributed by atoms with E-state index >= 15 is 0 Å². The fourth-order valence-corrected chi connectivity index (χ4v) is 3.88. The van der Waals surface area contributed by atoms with Gasteiger partial charge in [-0.1, -0.05) is 13.3 Å². The van der Waals surface area contributed by atoms with E-state index in [0.29, 0.717) is 6.04 Å². The topological polar surface area (TPSA) is 63.0 Å². The predicted octanol–water partition coefficient (Wildman–Crippen LogP) is 1.95. The van der Waals surface area contributed by atoms with Crippen LogP contribution in [0.3, 0.4) is 0 Å². The van der Waals surface area contributed by atoms with Crippen molar-refractivity contribution in [2.45, 2.75) is 52.7 Å². The van der Waals surface area contributed by atoms with Crippen molar-refractivity contribution in [1.29, 1.82) is 0 Å². The van der Waals surface area contributed by atoms with Crippen molar-refractivity contribution in [2.75, 3.05) is 24.5 Å². The third-order valence-electron chi connectivity index (χ3n) is 4.26. The first-order chi connectivity index (χ1) is 11.2. The van der Waals surface area contributed by atoms with Crippen molar-refractivity contribution in [3.63, 3.8) is 0 Å². The van der Waals surface area contributed by atoms with E-state index in [-0.39, 0.29) is 0 Å². The molecule has 0 aromatic carbocycles. The minimum Gasteiger partial charge on any atom is -0.343 e. The third kappa shape index (κ3) is 3.87. The van der Waals surface area contributed by atoms with E-state index in [1.165, 1.54) is 0 Å². The van der Waals surface area contributed by atoms with Crippen molar-refractivity contribution in [2.24, 2.45) is 0 Å². The van der Waals surface area contributed by atoms with Gasteiger partial charge < -0.3 is 4.90 Å². The fourth-order valence-electron chi connectivity index (χ4n) is 2.95. The molecule has 1 aliphatic heterocycles.